The van der Waals surface area contributed by atoms with E-state index >= 15 is 0 Å². The maximum atomic E-state index is 12.3. The maximum absolute atomic E-state index is 12.3. The molecule has 4 aromatic rings. The first-order valence-corrected chi connectivity index (χ1v) is 11.7. The second-order valence-corrected chi connectivity index (χ2v) is 8.25. The molecule has 0 saturated heterocycles. The normalized spacial score (nSPS) is 10.9. The molecule has 1 heterocycles. The Kier molecular flexibility index (Phi) is 7.81. The lowest BCUT2D eigenvalue weighted by Crippen LogP contribution is -2.24. The summed E-state index contributed by atoms with van der Waals surface area (Å²) in [5, 5.41) is 3.00. The number of methoxy groups -OCH3 is 2. The number of amides is 1. The van der Waals surface area contributed by atoms with Crippen molar-refractivity contribution in [2.45, 2.75) is 32.2 Å². The Balaban J connectivity index is 1.31. The van der Waals surface area contributed by atoms with E-state index < -0.39 is 0 Å². The van der Waals surface area contributed by atoms with Gasteiger partial charge in [0.05, 0.1) is 25.3 Å². The van der Waals surface area contributed by atoms with Crippen molar-refractivity contribution in [1.82, 2.24) is 14.9 Å². The minimum Gasteiger partial charge on any atom is -0.497 e. The van der Waals surface area contributed by atoms with Gasteiger partial charge in [-0.2, -0.15) is 0 Å². The van der Waals surface area contributed by atoms with Crippen molar-refractivity contribution in [2.24, 2.45) is 0 Å². The van der Waals surface area contributed by atoms with Gasteiger partial charge in [0.15, 0.2) is 0 Å². The average Bonchev–Trinajstić information content (AvgIpc) is 3.23. The van der Waals surface area contributed by atoms with E-state index in [2.05, 4.69) is 40.2 Å². The van der Waals surface area contributed by atoms with Crippen molar-refractivity contribution in [2.75, 3.05) is 20.8 Å². The maximum Gasteiger partial charge on any atom is 0.251 e. The van der Waals surface area contributed by atoms with Crippen LogP contribution in [-0.2, 0) is 13.0 Å². The molecule has 6 heteroatoms. The first-order valence-electron chi connectivity index (χ1n) is 11.7. The molecule has 0 bridgehead atoms. The molecule has 0 spiro atoms. The summed E-state index contributed by atoms with van der Waals surface area (Å²) in [6.45, 7) is 1.43. The van der Waals surface area contributed by atoms with Crippen molar-refractivity contribution >= 4 is 16.9 Å². The number of fused-ring (bicyclic) bond motifs is 1. The number of para-hydroxylation sites is 2. The number of ether oxygens (including phenoxy) is 2. The number of carbonyl (C=O) groups is 1. The Morgan fingerprint density at radius 2 is 1.68 bits per heavy atom. The van der Waals surface area contributed by atoms with E-state index in [-0.39, 0.29) is 5.91 Å². The molecule has 0 radical (unpaired) electrons. The number of carbonyl (C=O) groups excluding carboxylic acids is 1. The summed E-state index contributed by atoms with van der Waals surface area (Å²) in [5.41, 5.74) is 4.01. The molecule has 0 saturated carbocycles. The topological polar surface area (TPSA) is 65.4 Å². The van der Waals surface area contributed by atoms with Gasteiger partial charge in [-0.1, -0.05) is 36.8 Å². The summed E-state index contributed by atoms with van der Waals surface area (Å²) >= 11 is 0. The van der Waals surface area contributed by atoms with Crippen LogP contribution in [0.15, 0.2) is 72.8 Å². The fourth-order valence-corrected chi connectivity index (χ4v) is 4.06. The highest BCUT2D eigenvalue weighted by Gasteiger charge is 2.11. The lowest BCUT2D eigenvalue weighted by molar-refractivity contribution is 0.0952. The van der Waals surface area contributed by atoms with Crippen LogP contribution < -0.4 is 14.8 Å². The molecule has 0 aliphatic rings. The third kappa shape index (κ3) is 5.76. The van der Waals surface area contributed by atoms with E-state index in [9.17, 15) is 4.79 Å². The predicted molar refractivity (Wildman–Crippen MR) is 135 cm³/mol. The van der Waals surface area contributed by atoms with Crippen molar-refractivity contribution < 1.29 is 14.3 Å². The standard InChI is InChI=1S/C28H31N3O3/c1-33-23-16-14-21(15-17-23)20-31-26-12-6-5-11-25(26)30-27(31)13-4-3-7-18-29-28(32)22-9-8-10-24(19-22)34-2/h5-6,8-12,14-17,19H,3-4,7,13,18,20H2,1-2H3,(H,29,32). The van der Waals surface area contributed by atoms with E-state index in [0.717, 1.165) is 54.8 Å². The van der Waals surface area contributed by atoms with Crippen LogP contribution >= 0.6 is 0 Å². The SMILES string of the molecule is COc1ccc(Cn2c(CCCCCNC(=O)c3cccc(OC)c3)nc3ccccc32)cc1. The largest absolute Gasteiger partial charge is 0.497 e. The minimum absolute atomic E-state index is 0.0693. The lowest BCUT2D eigenvalue weighted by atomic mass is 10.1. The number of nitrogens with one attached hydrogen (secondary N) is 1. The molecular weight excluding hydrogens is 426 g/mol. The van der Waals surface area contributed by atoms with E-state index in [0.29, 0.717) is 17.9 Å². The van der Waals surface area contributed by atoms with Crippen LogP contribution in [0, 0.1) is 0 Å². The van der Waals surface area contributed by atoms with E-state index in [1.807, 2.05) is 30.3 Å². The number of rotatable bonds is 11. The zero-order valence-electron chi connectivity index (χ0n) is 19.8. The number of hydrogen-bond donors (Lipinski definition) is 1. The van der Waals surface area contributed by atoms with Gasteiger partial charge in [0.2, 0.25) is 0 Å². The highest BCUT2D eigenvalue weighted by atomic mass is 16.5. The van der Waals surface area contributed by atoms with Crippen molar-refractivity contribution in [3.8, 4) is 11.5 Å². The summed E-state index contributed by atoms with van der Waals surface area (Å²) in [6.07, 6.45) is 3.86. The lowest BCUT2D eigenvalue weighted by Gasteiger charge is -2.10. The molecule has 1 aromatic heterocycles. The summed E-state index contributed by atoms with van der Waals surface area (Å²) in [5.74, 6) is 2.57. The summed E-state index contributed by atoms with van der Waals surface area (Å²) in [7, 11) is 3.28. The van der Waals surface area contributed by atoms with Crippen molar-refractivity contribution in [3.05, 3.63) is 89.7 Å². The van der Waals surface area contributed by atoms with Gasteiger partial charge >= 0.3 is 0 Å². The smallest absolute Gasteiger partial charge is 0.251 e. The summed E-state index contributed by atoms with van der Waals surface area (Å²) < 4.78 is 12.8. The van der Waals surface area contributed by atoms with Gasteiger partial charge in [-0.25, -0.2) is 4.98 Å². The van der Waals surface area contributed by atoms with E-state index in [4.69, 9.17) is 14.5 Å². The molecule has 0 fully saturated rings. The molecule has 176 valence electrons. The van der Waals surface area contributed by atoms with Gasteiger partial charge in [0, 0.05) is 25.1 Å². The van der Waals surface area contributed by atoms with Gasteiger partial charge in [0.1, 0.15) is 17.3 Å². The number of hydrogen-bond acceptors (Lipinski definition) is 4. The zero-order chi connectivity index (χ0) is 23.8. The zero-order valence-corrected chi connectivity index (χ0v) is 19.8. The molecule has 4 rings (SSSR count). The van der Waals surface area contributed by atoms with Gasteiger partial charge in [-0.15, -0.1) is 0 Å². The molecule has 3 aromatic carbocycles. The van der Waals surface area contributed by atoms with Gasteiger partial charge in [-0.3, -0.25) is 4.79 Å². The van der Waals surface area contributed by atoms with E-state index in [1.54, 1.807) is 26.4 Å². The molecule has 34 heavy (non-hydrogen) atoms. The first-order chi connectivity index (χ1) is 16.7. The Labute approximate surface area is 200 Å². The molecular formula is C28H31N3O3. The highest BCUT2D eigenvalue weighted by Crippen LogP contribution is 2.21. The molecule has 1 N–H and O–H groups in total. The van der Waals surface area contributed by atoms with Crippen LogP contribution in [-0.4, -0.2) is 36.2 Å². The van der Waals surface area contributed by atoms with E-state index in [1.165, 1.54) is 5.56 Å². The second-order valence-electron chi connectivity index (χ2n) is 8.25. The number of aromatic nitrogens is 2. The first kappa shape index (κ1) is 23.4. The van der Waals surface area contributed by atoms with Crippen LogP contribution in [0.2, 0.25) is 0 Å². The molecule has 0 aliphatic heterocycles. The Morgan fingerprint density at radius 3 is 2.47 bits per heavy atom. The summed E-state index contributed by atoms with van der Waals surface area (Å²) in [4.78, 5) is 17.2. The number of unbranched alkanes of at least 4 members (excludes halogenated alkanes) is 2. The Bertz CT molecular complexity index is 1230. The molecule has 0 unspecified atom stereocenters. The van der Waals surface area contributed by atoms with Gasteiger partial charge < -0.3 is 19.4 Å². The molecule has 0 aliphatic carbocycles. The highest BCUT2D eigenvalue weighted by molar-refractivity contribution is 5.94. The average molecular weight is 458 g/mol. The quantitative estimate of drug-likeness (QED) is 0.313. The number of imidazole rings is 1. The van der Waals surface area contributed by atoms with Crippen LogP contribution in [0.25, 0.3) is 11.0 Å². The molecule has 6 nitrogen and oxygen atoms in total. The molecule has 1 amide bonds. The molecule has 0 atom stereocenters. The fraction of sp³-hybridized carbons (Fsp3) is 0.286. The van der Waals surface area contributed by atoms with Crippen molar-refractivity contribution in [1.29, 1.82) is 0 Å². The van der Waals surface area contributed by atoms with Crippen LogP contribution in [0.5, 0.6) is 11.5 Å². The van der Waals surface area contributed by atoms with Crippen LogP contribution in [0.4, 0.5) is 0 Å². The monoisotopic (exact) mass is 457 g/mol. The van der Waals surface area contributed by atoms with Gasteiger partial charge in [0.25, 0.3) is 5.91 Å². The number of aryl methyl sites for hydroxylation is 1. The van der Waals surface area contributed by atoms with Crippen molar-refractivity contribution in [3.63, 3.8) is 0 Å². The number of nitrogens with zero attached hydrogens (tertiary/aromatic N) is 2. The van der Waals surface area contributed by atoms with Gasteiger partial charge in [-0.05, 0) is 60.9 Å². The second kappa shape index (κ2) is 11.4. The summed E-state index contributed by atoms with van der Waals surface area (Å²) in [6, 6.07) is 23.7. The van der Waals surface area contributed by atoms with Crippen LogP contribution in [0.1, 0.15) is 41.0 Å². The number of benzene rings is 3. The third-order valence-electron chi connectivity index (χ3n) is 5.93. The predicted octanol–water partition coefficient (Wildman–Crippen LogP) is 5.24. The Morgan fingerprint density at radius 1 is 0.882 bits per heavy atom. The fourth-order valence-electron chi connectivity index (χ4n) is 4.06. The van der Waals surface area contributed by atoms with Crippen LogP contribution in [0.3, 0.4) is 0 Å². The minimum atomic E-state index is -0.0693. The Hall–Kier alpha value is -3.80. The third-order valence-corrected chi connectivity index (χ3v) is 5.93.